The summed E-state index contributed by atoms with van der Waals surface area (Å²) in [4.78, 5) is 11.0. The first kappa shape index (κ1) is 12.5. The van der Waals surface area contributed by atoms with Gasteiger partial charge in [0.15, 0.2) is 0 Å². The number of hydrogen-bond donors (Lipinski definition) is 4. The molecular weight excluding hydrogens is 197 g/mol. The van der Waals surface area contributed by atoms with Gasteiger partial charge in [0.05, 0.1) is 5.41 Å². The second-order valence-electron chi connectivity index (χ2n) is 4.62. The van der Waals surface area contributed by atoms with Gasteiger partial charge >= 0.3 is 13.1 Å². The molecule has 0 aliphatic carbocycles. The van der Waals surface area contributed by atoms with E-state index >= 15 is 0 Å². The van der Waals surface area contributed by atoms with Crippen molar-refractivity contribution in [2.24, 2.45) is 11.3 Å². The Bertz CT molecular complexity index is 236. The zero-order valence-corrected chi connectivity index (χ0v) is 8.94. The third-order valence-electron chi connectivity index (χ3n) is 3.04. The van der Waals surface area contributed by atoms with Crippen LogP contribution in [-0.2, 0) is 4.79 Å². The summed E-state index contributed by atoms with van der Waals surface area (Å²) >= 11 is 0. The molecule has 2 atom stereocenters. The lowest BCUT2D eigenvalue weighted by Crippen LogP contribution is -2.47. The van der Waals surface area contributed by atoms with Gasteiger partial charge in [-0.1, -0.05) is 6.42 Å². The summed E-state index contributed by atoms with van der Waals surface area (Å²) in [7, 11) is -1.29. The average Bonchev–Trinajstić information content (AvgIpc) is 2.15. The number of carbonyl (C=O) groups is 1. The minimum atomic E-state index is -1.29. The minimum Gasteiger partial charge on any atom is -0.481 e. The van der Waals surface area contributed by atoms with E-state index in [4.69, 9.17) is 15.2 Å². The minimum absolute atomic E-state index is 0.210. The van der Waals surface area contributed by atoms with Gasteiger partial charge in [0, 0.05) is 6.54 Å². The Labute approximate surface area is 89.6 Å². The van der Waals surface area contributed by atoms with Gasteiger partial charge < -0.3 is 20.5 Å². The molecule has 1 saturated heterocycles. The summed E-state index contributed by atoms with van der Waals surface area (Å²) in [6, 6.07) is 0. The predicted molar refractivity (Wildman–Crippen MR) is 56.3 cm³/mol. The predicted octanol–water partition coefficient (Wildman–Crippen LogP) is -0.450. The van der Waals surface area contributed by atoms with Gasteiger partial charge in [-0.15, -0.1) is 0 Å². The standard InChI is InChI=1S/C9H18BNO4/c1-9(8(12)13)4-7(5-11-6-9)2-3-10(14)15/h7,11,14-15H,2-6H2,1H3,(H,12,13)/t7-,9-/m1/s1. The molecule has 4 N–H and O–H groups in total. The van der Waals surface area contributed by atoms with Crippen LogP contribution >= 0.6 is 0 Å². The first-order valence-corrected chi connectivity index (χ1v) is 5.24. The van der Waals surface area contributed by atoms with Crippen LogP contribution in [0.2, 0.25) is 6.32 Å². The van der Waals surface area contributed by atoms with E-state index < -0.39 is 18.5 Å². The number of carboxylic acids is 1. The number of rotatable bonds is 4. The highest BCUT2D eigenvalue weighted by molar-refractivity contribution is 6.40. The Morgan fingerprint density at radius 2 is 2.27 bits per heavy atom. The van der Waals surface area contributed by atoms with Crippen LogP contribution in [0.4, 0.5) is 0 Å². The fraction of sp³-hybridized carbons (Fsp3) is 0.889. The van der Waals surface area contributed by atoms with Crippen LogP contribution < -0.4 is 5.32 Å². The van der Waals surface area contributed by atoms with Gasteiger partial charge in [0.1, 0.15) is 0 Å². The maximum atomic E-state index is 11.0. The van der Waals surface area contributed by atoms with Gasteiger partial charge in [-0.2, -0.15) is 0 Å². The van der Waals surface area contributed by atoms with Gasteiger partial charge in [0.2, 0.25) is 0 Å². The molecule has 86 valence electrons. The van der Waals surface area contributed by atoms with E-state index in [1.165, 1.54) is 0 Å². The lowest BCUT2D eigenvalue weighted by Gasteiger charge is -2.35. The normalized spacial score (nSPS) is 31.3. The van der Waals surface area contributed by atoms with E-state index in [9.17, 15) is 4.79 Å². The van der Waals surface area contributed by atoms with E-state index in [-0.39, 0.29) is 5.92 Å². The van der Waals surface area contributed by atoms with E-state index in [0.717, 1.165) is 6.54 Å². The summed E-state index contributed by atoms with van der Waals surface area (Å²) < 4.78 is 0. The zero-order valence-electron chi connectivity index (χ0n) is 8.94. The molecule has 6 heteroatoms. The molecule has 0 aromatic carbocycles. The van der Waals surface area contributed by atoms with Crippen molar-refractivity contribution in [3.05, 3.63) is 0 Å². The van der Waals surface area contributed by atoms with Crippen molar-refractivity contribution in [1.82, 2.24) is 5.32 Å². The first-order chi connectivity index (χ1) is 6.94. The van der Waals surface area contributed by atoms with Crippen molar-refractivity contribution >= 4 is 13.1 Å². The Morgan fingerprint density at radius 1 is 1.60 bits per heavy atom. The summed E-state index contributed by atoms with van der Waals surface area (Å²) in [5, 5.41) is 29.6. The summed E-state index contributed by atoms with van der Waals surface area (Å²) in [6.45, 7) is 2.97. The highest BCUT2D eigenvalue weighted by atomic mass is 16.4. The van der Waals surface area contributed by atoms with Crippen molar-refractivity contribution in [2.45, 2.75) is 26.1 Å². The third-order valence-corrected chi connectivity index (χ3v) is 3.04. The molecule has 0 saturated carbocycles. The highest BCUT2D eigenvalue weighted by Gasteiger charge is 2.38. The molecule has 0 amide bonds. The molecule has 0 aromatic heterocycles. The molecular formula is C9H18BNO4. The van der Waals surface area contributed by atoms with Gasteiger partial charge in [-0.3, -0.25) is 4.79 Å². The van der Waals surface area contributed by atoms with E-state index in [1.807, 2.05) is 0 Å². The monoisotopic (exact) mass is 215 g/mol. The second kappa shape index (κ2) is 4.96. The number of nitrogens with one attached hydrogen (secondary N) is 1. The van der Waals surface area contributed by atoms with Gasteiger partial charge in [0.25, 0.3) is 0 Å². The molecule has 1 rings (SSSR count). The Hall–Kier alpha value is -0.585. The van der Waals surface area contributed by atoms with Crippen molar-refractivity contribution in [1.29, 1.82) is 0 Å². The van der Waals surface area contributed by atoms with Crippen LogP contribution in [0.15, 0.2) is 0 Å². The zero-order chi connectivity index (χ0) is 11.5. The fourth-order valence-electron chi connectivity index (χ4n) is 2.09. The van der Waals surface area contributed by atoms with Crippen LogP contribution in [0.5, 0.6) is 0 Å². The largest absolute Gasteiger partial charge is 0.481 e. The quantitative estimate of drug-likeness (QED) is 0.477. The number of aliphatic carboxylic acids is 1. The number of hydrogen-bond acceptors (Lipinski definition) is 4. The van der Waals surface area contributed by atoms with Gasteiger partial charge in [-0.25, -0.2) is 0 Å². The lowest BCUT2D eigenvalue weighted by molar-refractivity contribution is -0.149. The van der Waals surface area contributed by atoms with Crippen LogP contribution in [0, 0.1) is 11.3 Å². The van der Waals surface area contributed by atoms with Crippen molar-refractivity contribution in [2.75, 3.05) is 13.1 Å². The van der Waals surface area contributed by atoms with Crippen LogP contribution in [-0.4, -0.2) is 41.3 Å². The molecule has 1 aliphatic heterocycles. The van der Waals surface area contributed by atoms with Gasteiger partial charge in [-0.05, 0) is 32.1 Å². The van der Waals surface area contributed by atoms with Crippen molar-refractivity contribution in [3.8, 4) is 0 Å². The smallest absolute Gasteiger partial charge is 0.451 e. The Morgan fingerprint density at radius 3 is 2.80 bits per heavy atom. The van der Waals surface area contributed by atoms with Crippen LogP contribution in [0.1, 0.15) is 19.8 Å². The molecule has 0 aromatic rings. The van der Waals surface area contributed by atoms with E-state index in [0.29, 0.717) is 25.7 Å². The van der Waals surface area contributed by atoms with Crippen LogP contribution in [0.25, 0.3) is 0 Å². The third kappa shape index (κ3) is 3.48. The van der Waals surface area contributed by atoms with E-state index in [2.05, 4.69) is 5.32 Å². The first-order valence-electron chi connectivity index (χ1n) is 5.24. The fourth-order valence-corrected chi connectivity index (χ4v) is 2.09. The maximum absolute atomic E-state index is 11.0. The maximum Gasteiger partial charge on any atom is 0.451 e. The average molecular weight is 215 g/mol. The van der Waals surface area contributed by atoms with E-state index in [1.54, 1.807) is 6.92 Å². The molecule has 1 heterocycles. The molecule has 0 radical (unpaired) electrons. The molecule has 0 spiro atoms. The number of piperidine rings is 1. The molecule has 0 unspecified atom stereocenters. The summed E-state index contributed by atoms with van der Waals surface area (Å²) in [5.41, 5.74) is -0.719. The lowest BCUT2D eigenvalue weighted by atomic mass is 9.73. The summed E-state index contributed by atoms with van der Waals surface area (Å²) in [5.74, 6) is -0.578. The van der Waals surface area contributed by atoms with Crippen molar-refractivity contribution < 1.29 is 19.9 Å². The Balaban J connectivity index is 2.45. The Kier molecular flexibility index (Phi) is 4.13. The van der Waals surface area contributed by atoms with Crippen molar-refractivity contribution in [3.63, 3.8) is 0 Å². The molecule has 15 heavy (non-hydrogen) atoms. The molecule has 5 nitrogen and oxygen atoms in total. The highest BCUT2D eigenvalue weighted by Crippen LogP contribution is 2.31. The van der Waals surface area contributed by atoms with Crippen LogP contribution in [0.3, 0.4) is 0 Å². The topological polar surface area (TPSA) is 89.8 Å². The second-order valence-corrected chi connectivity index (χ2v) is 4.62. The molecule has 0 bridgehead atoms. The summed E-state index contributed by atoms with van der Waals surface area (Å²) in [6.07, 6.45) is 1.55. The number of carboxylic acid groups (broad SMARTS) is 1. The molecule has 1 fully saturated rings. The molecule has 1 aliphatic rings. The SMILES string of the molecule is C[C@]1(C(=O)O)CNC[C@H](CCB(O)O)C1.